The molecule has 0 aromatic carbocycles. The molecule has 1 rings (SSSR count). The lowest BCUT2D eigenvalue weighted by molar-refractivity contribution is -0.145. The fraction of sp³-hybridized carbons (Fsp3) is 0.882. The number of rotatable bonds is 4. The Hall–Kier alpha value is -1.06. The summed E-state index contributed by atoms with van der Waals surface area (Å²) >= 11 is 0. The van der Waals surface area contributed by atoms with E-state index in [0.717, 1.165) is 6.42 Å². The van der Waals surface area contributed by atoms with Gasteiger partial charge >= 0.3 is 0 Å². The van der Waals surface area contributed by atoms with Crippen LogP contribution in [0.5, 0.6) is 0 Å². The van der Waals surface area contributed by atoms with Crippen molar-refractivity contribution in [3.05, 3.63) is 0 Å². The smallest absolute Gasteiger partial charge is 0.248 e. The predicted molar refractivity (Wildman–Crippen MR) is 85.9 cm³/mol. The average Bonchev–Trinajstić information content (AvgIpc) is 2.44. The molecule has 0 atom stereocenters. The van der Waals surface area contributed by atoms with Crippen molar-refractivity contribution in [1.82, 2.24) is 10.2 Å². The first-order chi connectivity index (χ1) is 9.47. The molecule has 1 aliphatic heterocycles. The first-order valence-electron chi connectivity index (χ1n) is 8.10. The van der Waals surface area contributed by atoms with Crippen LogP contribution < -0.4 is 5.32 Å². The van der Waals surface area contributed by atoms with E-state index in [4.69, 9.17) is 0 Å². The van der Waals surface area contributed by atoms with Crippen LogP contribution in [0.15, 0.2) is 0 Å². The van der Waals surface area contributed by atoms with Crippen molar-refractivity contribution >= 4 is 11.8 Å². The molecule has 0 bridgehead atoms. The highest BCUT2D eigenvalue weighted by Gasteiger charge is 2.46. The fourth-order valence-electron chi connectivity index (χ4n) is 3.66. The van der Waals surface area contributed by atoms with Crippen LogP contribution in [0.25, 0.3) is 0 Å². The average molecular weight is 296 g/mol. The number of nitrogens with one attached hydrogen (secondary N) is 1. The molecule has 0 aliphatic carbocycles. The maximum atomic E-state index is 13.1. The maximum absolute atomic E-state index is 13.1. The highest BCUT2D eigenvalue weighted by Crippen LogP contribution is 2.34. The van der Waals surface area contributed by atoms with Crippen LogP contribution in [0.4, 0.5) is 0 Å². The van der Waals surface area contributed by atoms with Crippen LogP contribution in [0, 0.1) is 5.41 Å². The molecule has 4 nitrogen and oxygen atoms in total. The van der Waals surface area contributed by atoms with Gasteiger partial charge in [-0.15, -0.1) is 0 Å². The molecule has 0 unspecified atom stereocenters. The van der Waals surface area contributed by atoms with Gasteiger partial charge in [0.15, 0.2) is 0 Å². The summed E-state index contributed by atoms with van der Waals surface area (Å²) in [6.45, 7) is 15.2. The van der Waals surface area contributed by atoms with Crippen molar-refractivity contribution in [2.75, 3.05) is 6.54 Å². The van der Waals surface area contributed by atoms with Gasteiger partial charge in [-0.1, -0.05) is 34.6 Å². The summed E-state index contributed by atoms with van der Waals surface area (Å²) in [6, 6.07) is 0. The molecule has 122 valence electrons. The summed E-state index contributed by atoms with van der Waals surface area (Å²) in [5.74, 6) is 0.0636. The van der Waals surface area contributed by atoms with Crippen molar-refractivity contribution in [2.24, 2.45) is 5.41 Å². The Balaban J connectivity index is 3.16. The normalized spacial score (nSPS) is 20.2. The molecule has 1 fully saturated rings. The minimum absolute atomic E-state index is 0.0129. The van der Waals surface area contributed by atoms with Crippen LogP contribution >= 0.6 is 0 Å². The highest BCUT2D eigenvalue weighted by molar-refractivity contribution is 5.93. The number of hydrogen-bond donors (Lipinski definition) is 1. The van der Waals surface area contributed by atoms with Gasteiger partial charge < -0.3 is 10.2 Å². The van der Waals surface area contributed by atoms with Crippen molar-refractivity contribution in [3.63, 3.8) is 0 Å². The summed E-state index contributed by atoms with van der Waals surface area (Å²) < 4.78 is 0. The quantitative estimate of drug-likeness (QED) is 0.866. The van der Waals surface area contributed by atoms with E-state index < -0.39 is 5.54 Å². The zero-order chi connectivity index (χ0) is 16.5. The fourth-order valence-corrected chi connectivity index (χ4v) is 3.66. The lowest BCUT2D eigenvalue weighted by Crippen LogP contribution is -2.61. The summed E-state index contributed by atoms with van der Waals surface area (Å²) in [5.41, 5.74) is -0.853. The van der Waals surface area contributed by atoms with Gasteiger partial charge in [0.25, 0.3) is 0 Å². The van der Waals surface area contributed by atoms with Gasteiger partial charge in [0.2, 0.25) is 11.8 Å². The molecule has 0 aromatic rings. The van der Waals surface area contributed by atoms with E-state index in [2.05, 4.69) is 39.9 Å². The molecule has 0 spiro atoms. The second-order valence-corrected chi connectivity index (χ2v) is 8.09. The van der Waals surface area contributed by atoms with Gasteiger partial charge in [-0.2, -0.15) is 0 Å². The van der Waals surface area contributed by atoms with E-state index in [1.54, 1.807) is 0 Å². The number of carbonyl (C=O) groups excluding carboxylic acids is 2. The zero-order valence-corrected chi connectivity index (χ0v) is 14.8. The molecular formula is C17H32N2O2. The van der Waals surface area contributed by atoms with Gasteiger partial charge in [0, 0.05) is 18.5 Å². The molecule has 1 aliphatic rings. The monoisotopic (exact) mass is 296 g/mol. The SMILES string of the molecule is CCC1(CC)NC(=O)CCN(C(C)(C)CC(C)(C)C)C1=O. The summed E-state index contributed by atoms with van der Waals surface area (Å²) in [7, 11) is 0. The Bertz CT molecular complexity index is 404. The van der Waals surface area contributed by atoms with Crippen molar-refractivity contribution < 1.29 is 9.59 Å². The van der Waals surface area contributed by atoms with E-state index in [1.807, 2.05) is 18.7 Å². The standard InChI is InChI=1S/C17H32N2O2/c1-8-17(9-2)14(21)19(11-10-13(20)18-17)16(6,7)12-15(3,4)5/h8-12H2,1-7H3,(H,18,20). The van der Waals surface area contributed by atoms with Crippen LogP contribution in [0.1, 0.15) is 74.1 Å². The van der Waals surface area contributed by atoms with Crippen LogP contribution in [0.2, 0.25) is 0 Å². The van der Waals surface area contributed by atoms with Crippen molar-refractivity contribution in [2.45, 2.75) is 85.2 Å². The van der Waals surface area contributed by atoms with Crippen molar-refractivity contribution in [3.8, 4) is 0 Å². The number of nitrogens with zero attached hydrogens (tertiary/aromatic N) is 1. The van der Waals surface area contributed by atoms with E-state index in [0.29, 0.717) is 25.8 Å². The number of amides is 2. The highest BCUT2D eigenvalue weighted by atomic mass is 16.2. The number of carbonyl (C=O) groups is 2. The second-order valence-electron chi connectivity index (χ2n) is 8.09. The minimum Gasteiger partial charge on any atom is -0.342 e. The third-order valence-corrected chi connectivity index (χ3v) is 4.50. The molecule has 0 radical (unpaired) electrons. The Kier molecular flexibility index (Phi) is 5.12. The molecule has 1 heterocycles. The molecule has 21 heavy (non-hydrogen) atoms. The third-order valence-electron chi connectivity index (χ3n) is 4.50. The lowest BCUT2D eigenvalue weighted by atomic mass is 9.79. The predicted octanol–water partition coefficient (Wildman–Crippen LogP) is 3.11. The van der Waals surface area contributed by atoms with Gasteiger partial charge in [-0.25, -0.2) is 0 Å². The second kappa shape index (κ2) is 5.98. The zero-order valence-electron chi connectivity index (χ0n) is 14.8. The lowest BCUT2D eigenvalue weighted by Gasteiger charge is -2.45. The largest absolute Gasteiger partial charge is 0.342 e. The van der Waals surface area contributed by atoms with Crippen LogP contribution in [-0.2, 0) is 9.59 Å². The van der Waals surface area contributed by atoms with Gasteiger partial charge in [0.05, 0.1) is 0 Å². The van der Waals surface area contributed by atoms with E-state index in [-0.39, 0.29) is 22.8 Å². The Morgan fingerprint density at radius 3 is 2.05 bits per heavy atom. The molecule has 1 N–H and O–H groups in total. The summed E-state index contributed by atoms with van der Waals surface area (Å²) in [6.07, 6.45) is 2.57. The van der Waals surface area contributed by atoms with E-state index in [9.17, 15) is 9.59 Å². The van der Waals surface area contributed by atoms with Crippen molar-refractivity contribution in [1.29, 1.82) is 0 Å². The minimum atomic E-state index is -0.733. The summed E-state index contributed by atoms with van der Waals surface area (Å²) in [4.78, 5) is 27.1. The summed E-state index contributed by atoms with van der Waals surface area (Å²) in [5, 5.41) is 2.98. The Labute approximate surface area is 129 Å². The van der Waals surface area contributed by atoms with Gasteiger partial charge in [-0.05, 0) is 38.5 Å². The molecule has 0 aromatic heterocycles. The van der Waals surface area contributed by atoms with E-state index in [1.165, 1.54) is 0 Å². The topological polar surface area (TPSA) is 49.4 Å². The van der Waals surface area contributed by atoms with E-state index >= 15 is 0 Å². The molecule has 0 saturated carbocycles. The molecule has 4 heteroatoms. The van der Waals surface area contributed by atoms with Crippen LogP contribution in [-0.4, -0.2) is 34.3 Å². The molecule has 2 amide bonds. The number of hydrogen-bond acceptors (Lipinski definition) is 2. The van der Waals surface area contributed by atoms with Gasteiger partial charge in [-0.3, -0.25) is 9.59 Å². The Morgan fingerprint density at radius 1 is 1.10 bits per heavy atom. The first-order valence-corrected chi connectivity index (χ1v) is 8.10. The van der Waals surface area contributed by atoms with Gasteiger partial charge in [0.1, 0.15) is 5.54 Å². The van der Waals surface area contributed by atoms with Crippen LogP contribution in [0.3, 0.4) is 0 Å². The third kappa shape index (κ3) is 3.98. The Morgan fingerprint density at radius 2 is 1.62 bits per heavy atom. The first kappa shape index (κ1) is 18.0. The molecule has 1 saturated heterocycles. The maximum Gasteiger partial charge on any atom is 0.248 e. The molecular weight excluding hydrogens is 264 g/mol.